The number of carbonyl (C=O) groups excluding carboxylic acids is 2. The van der Waals surface area contributed by atoms with Crippen LogP contribution in [-0.4, -0.2) is 41.0 Å². The molecule has 0 spiro atoms. The summed E-state index contributed by atoms with van der Waals surface area (Å²) in [5.74, 6) is 0.543. The monoisotopic (exact) mass is 533 g/mol. The number of nitrogen functional groups attached to an aromatic ring is 1. The third-order valence-electron chi connectivity index (χ3n) is 7.14. The highest BCUT2D eigenvalue weighted by Gasteiger charge is 2.34. The van der Waals surface area contributed by atoms with E-state index in [0.717, 1.165) is 32.1 Å². The number of hydrogen-bond donors (Lipinski definition) is 3. The Bertz CT molecular complexity index is 888. The number of ether oxygens (including phenoxy) is 1. The Labute approximate surface area is 228 Å². The average Bonchev–Trinajstić information content (AvgIpc) is 3.31. The van der Waals surface area contributed by atoms with Gasteiger partial charge in [-0.2, -0.15) is 4.98 Å². The average molecular weight is 534 g/mol. The van der Waals surface area contributed by atoms with Gasteiger partial charge in [-0.3, -0.25) is 19.4 Å². The summed E-state index contributed by atoms with van der Waals surface area (Å²) in [6.45, 7) is 4.94. The molecule has 2 heterocycles. The maximum atomic E-state index is 13.2. The second-order valence-corrected chi connectivity index (χ2v) is 10.5. The van der Waals surface area contributed by atoms with Crippen molar-refractivity contribution in [2.75, 3.05) is 29.2 Å². The third kappa shape index (κ3) is 11.5. The van der Waals surface area contributed by atoms with E-state index in [1.165, 1.54) is 57.8 Å². The van der Waals surface area contributed by atoms with Gasteiger partial charge >= 0.3 is 0 Å². The minimum absolute atomic E-state index is 0.00307. The van der Waals surface area contributed by atoms with Gasteiger partial charge in [-0.1, -0.05) is 90.9 Å². The summed E-state index contributed by atoms with van der Waals surface area (Å²) in [4.78, 5) is 46.2. The number of H-pyrrole nitrogens is 1. The SMILES string of the molecule is CCCCCCCCCC(=O)CCCOC(C(=O)CCCCCCCCC)N1CNc2c1nc(N)[nH]c2=O. The number of ketones is 2. The number of anilines is 3. The van der Waals surface area contributed by atoms with Crippen LogP contribution in [0, 0.1) is 0 Å². The van der Waals surface area contributed by atoms with E-state index in [1.807, 2.05) is 0 Å². The number of carbonyl (C=O) groups is 2. The van der Waals surface area contributed by atoms with Crippen molar-refractivity contribution < 1.29 is 14.3 Å². The molecule has 0 aromatic carbocycles. The lowest BCUT2D eigenvalue weighted by Gasteiger charge is -2.27. The first kappa shape index (κ1) is 31.8. The van der Waals surface area contributed by atoms with E-state index in [-0.39, 0.29) is 29.7 Å². The zero-order valence-electron chi connectivity index (χ0n) is 23.8. The lowest BCUT2D eigenvalue weighted by atomic mass is 10.1. The number of nitrogens with zero attached hydrogens (tertiary/aromatic N) is 2. The number of aromatic nitrogens is 2. The van der Waals surface area contributed by atoms with E-state index in [9.17, 15) is 14.4 Å². The Hall–Kier alpha value is -2.42. The van der Waals surface area contributed by atoms with Crippen LogP contribution in [0.25, 0.3) is 0 Å². The molecule has 1 aromatic heterocycles. The first-order chi connectivity index (χ1) is 18.5. The van der Waals surface area contributed by atoms with Crippen LogP contribution < -0.4 is 21.5 Å². The fourth-order valence-electron chi connectivity index (χ4n) is 4.88. The van der Waals surface area contributed by atoms with Crippen LogP contribution in [0.3, 0.4) is 0 Å². The second-order valence-electron chi connectivity index (χ2n) is 10.5. The molecule has 1 unspecified atom stereocenters. The van der Waals surface area contributed by atoms with Crippen LogP contribution in [0.15, 0.2) is 4.79 Å². The molecule has 1 aliphatic heterocycles. The summed E-state index contributed by atoms with van der Waals surface area (Å²) in [6.07, 6.45) is 17.4. The summed E-state index contributed by atoms with van der Waals surface area (Å²) in [5, 5.41) is 3.01. The molecule has 0 bridgehead atoms. The summed E-state index contributed by atoms with van der Waals surface area (Å²) in [6, 6.07) is 0. The fraction of sp³-hybridized carbons (Fsp3) is 0.793. The molecule has 9 heteroatoms. The van der Waals surface area contributed by atoms with Crippen molar-refractivity contribution in [3.8, 4) is 0 Å². The van der Waals surface area contributed by atoms with Gasteiger partial charge in [0, 0.05) is 19.3 Å². The van der Waals surface area contributed by atoms with Crippen LogP contribution in [0.5, 0.6) is 0 Å². The second kappa shape index (κ2) is 18.8. The first-order valence-electron chi connectivity index (χ1n) is 15.0. The van der Waals surface area contributed by atoms with Gasteiger partial charge in [0.2, 0.25) is 5.95 Å². The molecule has 4 N–H and O–H groups in total. The lowest BCUT2D eigenvalue weighted by Crippen LogP contribution is -2.44. The van der Waals surface area contributed by atoms with Crippen molar-refractivity contribution in [2.45, 2.75) is 136 Å². The molecule has 1 aliphatic rings. The predicted octanol–water partition coefficient (Wildman–Crippen LogP) is 6.08. The number of rotatable bonds is 23. The molecule has 0 saturated carbocycles. The topological polar surface area (TPSA) is 130 Å². The first-order valence-corrected chi connectivity index (χ1v) is 15.0. The summed E-state index contributed by atoms with van der Waals surface area (Å²) in [7, 11) is 0. The number of nitrogens with two attached hydrogens (primary N) is 1. The van der Waals surface area contributed by atoms with E-state index >= 15 is 0 Å². The summed E-state index contributed by atoms with van der Waals surface area (Å²) in [5.41, 5.74) is 5.69. The van der Waals surface area contributed by atoms with Crippen molar-refractivity contribution in [1.82, 2.24) is 9.97 Å². The van der Waals surface area contributed by atoms with Crippen molar-refractivity contribution >= 4 is 29.0 Å². The highest BCUT2D eigenvalue weighted by atomic mass is 16.5. The molecule has 0 fully saturated rings. The molecule has 38 heavy (non-hydrogen) atoms. The standard InChI is InChI=1S/C29H51N5O4/c1-3-5-7-9-11-13-15-18-23(35)19-17-21-38-28(24(36)20-16-14-12-10-8-6-4-2)34-22-31-25-26(34)32-29(30)33-27(25)37/h28,31H,3-22H2,1-2H3,(H3,30,32,33,37). The van der Waals surface area contributed by atoms with Gasteiger partial charge in [-0.05, 0) is 19.3 Å². The predicted molar refractivity (Wildman–Crippen MR) is 154 cm³/mol. The Balaban J connectivity index is 1.83. The van der Waals surface area contributed by atoms with E-state index in [2.05, 4.69) is 29.1 Å². The third-order valence-corrected chi connectivity index (χ3v) is 7.14. The van der Waals surface area contributed by atoms with Crippen LogP contribution in [-0.2, 0) is 14.3 Å². The van der Waals surface area contributed by atoms with Gasteiger partial charge in [0.15, 0.2) is 17.8 Å². The molecular weight excluding hydrogens is 482 g/mol. The van der Waals surface area contributed by atoms with E-state index in [4.69, 9.17) is 10.5 Å². The Morgan fingerprint density at radius 2 is 1.42 bits per heavy atom. The molecule has 0 radical (unpaired) electrons. The zero-order valence-corrected chi connectivity index (χ0v) is 23.8. The Morgan fingerprint density at radius 1 is 0.868 bits per heavy atom. The summed E-state index contributed by atoms with van der Waals surface area (Å²) < 4.78 is 6.06. The van der Waals surface area contributed by atoms with E-state index in [1.54, 1.807) is 4.90 Å². The lowest BCUT2D eigenvalue weighted by molar-refractivity contribution is -0.130. The highest BCUT2D eigenvalue weighted by molar-refractivity contribution is 5.88. The van der Waals surface area contributed by atoms with Crippen LogP contribution in [0.4, 0.5) is 17.5 Å². The number of fused-ring (bicyclic) bond motifs is 1. The maximum Gasteiger partial charge on any atom is 0.277 e. The molecule has 216 valence electrons. The van der Waals surface area contributed by atoms with Crippen molar-refractivity contribution in [2.24, 2.45) is 0 Å². The van der Waals surface area contributed by atoms with Gasteiger partial charge in [-0.25, -0.2) is 0 Å². The van der Waals surface area contributed by atoms with Gasteiger partial charge < -0.3 is 20.7 Å². The largest absolute Gasteiger partial charge is 0.369 e. The van der Waals surface area contributed by atoms with Gasteiger partial charge in [0.25, 0.3) is 5.56 Å². The Morgan fingerprint density at radius 3 is 2.05 bits per heavy atom. The molecule has 0 aliphatic carbocycles. The minimum atomic E-state index is -0.865. The van der Waals surface area contributed by atoms with E-state index in [0.29, 0.717) is 43.8 Å². The van der Waals surface area contributed by atoms with Gasteiger partial charge in [0.05, 0.1) is 13.3 Å². The zero-order chi connectivity index (χ0) is 27.6. The molecule has 0 saturated heterocycles. The molecule has 1 aromatic rings. The molecule has 0 amide bonds. The minimum Gasteiger partial charge on any atom is -0.369 e. The van der Waals surface area contributed by atoms with Crippen molar-refractivity contribution in [3.05, 3.63) is 10.4 Å². The number of hydrogen-bond acceptors (Lipinski definition) is 8. The quantitative estimate of drug-likeness (QED) is 0.144. The molecule has 1 atom stereocenters. The number of unbranched alkanes of at least 4 members (excludes halogenated alkanes) is 12. The fourth-order valence-corrected chi connectivity index (χ4v) is 4.88. The van der Waals surface area contributed by atoms with Gasteiger partial charge in [0.1, 0.15) is 11.5 Å². The number of nitrogens with one attached hydrogen (secondary N) is 2. The Kier molecular flexibility index (Phi) is 15.7. The number of Topliss-reactive ketones (excluding diaryl/α,β-unsaturated/α-hetero) is 2. The highest BCUT2D eigenvalue weighted by Crippen LogP contribution is 2.29. The van der Waals surface area contributed by atoms with Gasteiger partial charge in [-0.15, -0.1) is 0 Å². The summed E-state index contributed by atoms with van der Waals surface area (Å²) >= 11 is 0. The normalized spacial score (nSPS) is 13.4. The molecule has 9 nitrogen and oxygen atoms in total. The smallest absolute Gasteiger partial charge is 0.277 e. The van der Waals surface area contributed by atoms with Crippen LogP contribution >= 0.6 is 0 Å². The van der Waals surface area contributed by atoms with Crippen molar-refractivity contribution in [3.63, 3.8) is 0 Å². The van der Waals surface area contributed by atoms with Crippen LogP contribution in [0.2, 0.25) is 0 Å². The number of aromatic amines is 1. The maximum absolute atomic E-state index is 13.2. The van der Waals surface area contributed by atoms with Crippen LogP contribution in [0.1, 0.15) is 129 Å². The molecular formula is C29H51N5O4. The van der Waals surface area contributed by atoms with Crippen molar-refractivity contribution in [1.29, 1.82) is 0 Å². The van der Waals surface area contributed by atoms with E-state index < -0.39 is 6.23 Å². The molecule has 2 rings (SSSR count).